The Hall–Kier alpha value is -3.43. The minimum absolute atomic E-state index is 0.204. The van der Waals surface area contributed by atoms with Crippen molar-refractivity contribution in [2.45, 2.75) is 25.9 Å². The summed E-state index contributed by atoms with van der Waals surface area (Å²) in [5.74, 6) is 0.0722. The van der Waals surface area contributed by atoms with E-state index in [1.165, 1.54) is 23.5 Å². The lowest BCUT2D eigenvalue weighted by molar-refractivity contribution is -0.118. The van der Waals surface area contributed by atoms with Crippen molar-refractivity contribution in [2.24, 2.45) is 7.05 Å². The van der Waals surface area contributed by atoms with Crippen molar-refractivity contribution in [1.82, 2.24) is 25.1 Å². The predicted molar refractivity (Wildman–Crippen MR) is 123 cm³/mol. The highest BCUT2D eigenvalue weighted by Crippen LogP contribution is 2.22. The molecule has 2 N–H and O–H groups in total. The molecule has 1 amide bonds. The summed E-state index contributed by atoms with van der Waals surface area (Å²) in [6.45, 7) is 2.37. The summed E-state index contributed by atoms with van der Waals surface area (Å²) in [6.07, 6.45) is 2.14. The van der Waals surface area contributed by atoms with Gasteiger partial charge < -0.3 is 5.32 Å². The molecule has 0 aliphatic heterocycles. The van der Waals surface area contributed by atoms with Crippen LogP contribution in [0, 0.1) is 12.7 Å². The van der Waals surface area contributed by atoms with Gasteiger partial charge in [0.15, 0.2) is 0 Å². The van der Waals surface area contributed by atoms with Gasteiger partial charge in [-0.2, -0.15) is 5.10 Å². The number of benzene rings is 1. The third-order valence-electron chi connectivity index (χ3n) is 5.01. The number of halogens is 1. The molecule has 3 heterocycles. The van der Waals surface area contributed by atoms with E-state index in [0.29, 0.717) is 18.8 Å². The van der Waals surface area contributed by atoms with E-state index in [1.807, 2.05) is 30.5 Å². The zero-order chi connectivity index (χ0) is 22.5. The SMILES string of the molecule is Cc1cc(-c2cc(NC(=O)C(Cc3ccc(F)cc3)NCc3cscn3)n(C)n2)ccn1. The van der Waals surface area contributed by atoms with E-state index in [1.54, 1.807) is 35.6 Å². The van der Waals surface area contributed by atoms with Gasteiger partial charge in [0.05, 0.1) is 22.9 Å². The van der Waals surface area contributed by atoms with Crippen LogP contribution in [0.4, 0.5) is 10.2 Å². The van der Waals surface area contributed by atoms with Crippen molar-refractivity contribution in [3.8, 4) is 11.3 Å². The van der Waals surface area contributed by atoms with Gasteiger partial charge in [0.1, 0.15) is 11.6 Å². The number of carbonyl (C=O) groups excluding carboxylic acids is 1. The molecule has 164 valence electrons. The van der Waals surface area contributed by atoms with Gasteiger partial charge in [0.25, 0.3) is 0 Å². The van der Waals surface area contributed by atoms with Crippen LogP contribution in [0.3, 0.4) is 0 Å². The fourth-order valence-electron chi connectivity index (χ4n) is 3.31. The lowest BCUT2D eigenvalue weighted by atomic mass is 10.0. The average Bonchev–Trinajstić information content (AvgIpc) is 3.42. The number of aromatic nitrogens is 4. The highest BCUT2D eigenvalue weighted by atomic mass is 32.1. The van der Waals surface area contributed by atoms with Crippen molar-refractivity contribution in [3.05, 3.63) is 82.3 Å². The zero-order valence-corrected chi connectivity index (χ0v) is 18.6. The van der Waals surface area contributed by atoms with Crippen molar-refractivity contribution in [3.63, 3.8) is 0 Å². The largest absolute Gasteiger partial charge is 0.310 e. The van der Waals surface area contributed by atoms with E-state index >= 15 is 0 Å². The second-order valence-electron chi connectivity index (χ2n) is 7.46. The standard InChI is InChI=1S/C23H23FN6OS/c1-15-9-17(7-8-25-15)20-11-22(30(2)29-20)28-23(31)21(26-12-19-13-32-14-27-19)10-16-3-5-18(24)6-4-16/h3-9,11,13-14,21,26H,10,12H2,1-2H3,(H,28,31). The van der Waals surface area contributed by atoms with Crippen LogP contribution < -0.4 is 10.6 Å². The molecule has 7 nitrogen and oxygen atoms in total. The number of carbonyl (C=O) groups is 1. The molecule has 9 heteroatoms. The Balaban J connectivity index is 1.51. The summed E-state index contributed by atoms with van der Waals surface area (Å²) in [4.78, 5) is 21.7. The second kappa shape index (κ2) is 9.80. The van der Waals surface area contributed by atoms with E-state index in [2.05, 4.69) is 25.7 Å². The maximum absolute atomic E-state index is 13.3. The molecule has 3 aromatic heterocycles. The number of thiazole rings is 1. The summed E-state index contributed by atoms with van der Waals surface area (Å²) in [5, 5.41) is 12.7. The van der Waals surface area contributed by atoms with Crippen LogP contribution in [-0.4, -0.2) is 31.7 Å². The molecule has 0 spiro atoms. The maximum atomic E-state index is 13.3. The number of nitrogens with zero attached hydrogens (tertiary/aromatic N) is 4. The number of anilines is 1. The monoisotopic (exact) mass is 450 g/mol. The molecule has 0 bridgehead atoms. The van der Waals surface area contributed by atoms with Gasteiger partial charge in [-0.1, -0.05) is 12.1 Å². The summed E-state index contributed by atoms with van der Waals surface area (Å²) in [7, 11) is 1.78. The summed E-state index contributed by atoms with van der Waals surface area (Å²) < 4.78 is 14.9. The zero-order valence-electron chi connectivity index (χ0n) is 17.7. The van der Waals surface area contributed by atoms with E-state index in [4.69, 9.17) is 0 Å². The van der Waals surface area contributed by atoms with Crippen LogP contribution >= 0.6 is 11.3 Å². The third-order valence-corrected chi connectivity index (χ3v) is 5.64. The number of hydrogen-bond acceptors (Lipinski definition) is 6. The predicted octanol–water partition coefficient (Wildman–Crippen LogP) is 3.73. The molecular formula is C23H23FN6OS. The Morgan fingerprint density at radius 2 is 2.00 bits per heavy atom. The summed E-state index contributed by atoms with van der Waals surface area (Å²) in [5.41, 5.74) is 6.05. The number of rotatable bonds is 8. The lowest BCUT2D eigenvalue weighted by Gasteiger charge is -2.18. The number of aryl methyl sites for hydroxylation is 2. The van der Waals surface area contributed by atoms with E-state index in [0.717, 1.165) is 28.2 Å². The van der Waals surface area contributed by atoms with Gasteiger partial charge in [-0.25, -0.2) is 9.37 Å². The highest BCUT2D eigenvalue weighted by Gasteiger charge is 2.21. The molecule has 0 saturated carbocycles. The Morgan fingerprint density at radius 3 is 2.72 bits per heavy atom. The normalized spacial score (nSPS) is 12.0. The first-order chi connectivity index (χ1) is 15.5. The fourth-order valence-corrected chi connectivity index (χ4v) is 3.87. The Morgan fingerprint density at radius 1 is 1.19 bits per heavy atom. The average molecular weight is 451 g/mol. The van der Waals surface area contributed by atoms with Crippen molar-refractivity contribution >= 4 is 23.1 Å². The Bertz CT molecular complexity index is 1190. The molecule has 1 atom stereocenters. The minimum atomic E-state index is -0.538. The van der Waals surface area contributed by atoms with Gasteiger partial charge in [-0.05, 0) is 43.2 Å². The molecular weight excluding hydrogens is 427 g/mol. The topological polar surface area (TPSA) is 84.7 Å². The summed E-state index contributed by atoms with van der Waals surface area (Å²) >= 11 is 1.50. The first-order valence-corrected chi connectivity index (χ1v) is 11.0. The van der Waals surface area contributed by atoms with Crippen LogP contribution in [0.2, 0.25) is 0 Å². The quantitative estimate of drug-likeness (QED) is 0.427. The molecule has 1 aromatic carbocycles. The van der Waals surface area contributed by atoms with Gasteiger partial charge in [0, 0.05) is 42.5 Å². The number of amides is 1. The van der Waals surface area contributed by atoms with Crippen LogP contribution in [-0.2, 0) is 24.8 Å². The first kappa shape index (κ1) is 21.8. The first-order valence-electron chi connectivity index (χ1n) is 10.1. The van der Waals surface area contributed by atoms with E-state index < -0.39 is 6.04 Å². The highest BCUT2D eigenvalue weighted by molar-refractivity contribution is 7.07. The van der Waals surface area contributed by atoms with E-state index in [-0.39, 0.29) is 11.7 Å². The lowest BCUT2D eigenvalue weighted by Crippen LogP contribution is -2.42. The molecule has 0 saturated heterocycles. The van der Waals surface area contributed by atoms with Crippen molar-refractivity contribution < 1.29 is 9.18 Å². The number of nitrogens with one attached hydrogen (secondary N) is 2. The van der Waals surface area contributed by atoms with Gasteiger partial charge in [-0.3, -0.25) is 19.8 Å². The van der Waals surface area contributed by atoms with Gasteiger partial charge in [0.2, 0.25) is 5.91 Å². The fraction of sp³-hybridized carbons (Fsp3) is 0.217. The molecule has 32 heavy (non-hydrogen) atoms. The second-order valence-corrected chi connectivity index (χ2v) is 8.18. The molecule has 0 aliphatic rings. The van der Waals surface area contributed by atoms with Crippen LogP contribution in [0.1, 0.15) is 17.0 Å². The van der Waals surface area contributed by atoms with Crippen LogP contribution in [0.15, 0.2) is 59.6 Å². The van der Waals surface area contributed by atoms with Crippen molar-refractivity contribution in [2.75, 3.05) is 5.32 Å². The van der Waals surface area contributed by atoms with Crippen LogP contribution in [0.5, 0.6) is 0 Å². The van der Waals surface area contributed by atoms with Gasteiger partial charge in [-0.15, -0.1) is 11.3 Å². The Labute approximate surface area is 189 Å². The molecule has 4 rings (SSSR count). The molecule has 4 aromatic rings. The molecule has 0 radical (unpaired) electrons. The number of hydrogen-bond donors (Lipinski definition) is 2. The van der Waals surface area contributed by atoms with Crippen molar-refractivity contribution in [1.29, 1.82) is 0 Å². The number of pyridine rings is 1. The summed E-state index contributed by atoms with van der Waals surface area (Å²) in [6, 6.07) is 11.3. The smallest absolute Gasteiger partial charge is 0.243 e. The van der Waals surface area contributed by atoms with E-state index in [9.17, 15) is 9.18 Å². The minimum Gasteiger partial charge on any atom is -0.310 e. The Kier molecular flexibility index (Phi) is 6.67. The molecule has 1 unspecified atom stereocenters. The molecule has 0 aliphatic carbocycles. The third kappa shape index (κ3) is 5.43. The van der Waals surface area contributed by atoms with Gasteiger partial charge >= 0.3 is 0 Å². The van der Waals surface area contributed by atoms with Crippen LogP contribution in [0.25, 0.3) is 11.3 Å². The molecule has 0 fully saturated rings. The maximum Gasteiger partial charge on any atom is 0.243 e.